The van der Waals surface area contributed by atoms with E-state index in [1.807, 2.05) is 19.4 Å². The molecule has 0 spiro atoms. The van der Waals surface area contributed by atoms with Crippen molar-refractivity contribution < 1.29 is 0 Å². The fourth-order valence-corrected chi connectivity index (χ4v) is 2.66. The zero-order chi connectivity index (χ0) is 12.5. The number of nitrogens with zero attached hydrogens (tertiary/aromatic N) is 2. The number of nitrogens with one attached hydrogen (secondary N) is 1. The molecule has 3 rings (SSSR count). The van der Waals surface area contributed by atoms with Crippen molar-refractivity contribution in [3.8, 4) is 0 Å². The van der Waals surface area contributed by atoms with Crippen LogP contribution >= 0.6 is 0 Å². The first-order valence-electron chi connectivity index (χ1n) is 6.29. The molecule has 1 N–H and O–H groups in total. The van der Waals surface area contributed by atoms with E-state index in [1.54, 1.807) is 0 Å². The van der Waals surface area contributed by atoms with Gasteiger partial charge in [-0.2, -0.15) is 0 Å². The highest BCUT2D eigenvalue weighted by Gasteiger charge is 2.26. The Kier molecular flexibility index (Phi) is 2.67. The van der Waals surface area contributed by atoms with Gasteiger partial charge in [0.2, 0.25) is 0 Å². The summed E-state index contributed by atoms with van der Waals surface area (Å²) in [5, 5.41) is 3.14. The van der Waals surface area contributed by atoms with Crippen LogP contribution in [0.25, 0.3) is 0 Å². The molecule has 2 aromatic rings. The van der Waals surface area contributed by atoms with Crippen molar-refractivity contribution in [2.75, 3.05) is 17.3 Å². The van der Waals surface area contributed by atoms with Crippen LogP contribution < -0.4 is 10.2 Å². The molecule has 1 aromatic carbocycles. The molecule has 0 saturated carbocycles. The van der Waals surface area contributed by atoms with Gasteiger partial charge < -0.3 is 10.2 Å². The van der Waals surface area contributed by atoms with E-state index in [9.17, 15) is 0 Å². The Morgan fingerprint density at radius 3 is 2.94 bits per heavy atom. The van der Waals surface area contributed by atoms with Gasteiger partial charge in [-0.3, -0.25) is 4.98 Å². The lowest BCUT2D eigenvalue weighted by Gasteiger charge is -2.25. The summed E-state index contributed by atoms with van der Waals surface area (Å²) in [5.41, 5.74) is 4.92. The van der Waals surface area contributed by atoms with Gasteiger partial charge in [-0.25, -0.2) is 0 Å². The second-order valence-corrected chi connectivity index (χ2v) is 4.73. The van der Waals surface area contributed by atoms with Crippen LogP contribution in [0, 0.1) is 0 Å². The van der Waals surface area contributed by atoms with E-state index in [2.05, 4.69) is 52.5 Å². The Labute approximate surface area is 107 Å². The number of hydrogen-bond donors (Lipinski definition) is 1. The van der Waals surface area contributed by atoms with E-state index in [4.69, 9.17) is 0 Å². The summed E-state index contributed by atoms with van der Waals surface area (Å²) in [7, 11) is 1.92. The summed E-state index contributed by atoms with van der Waals surface area (Å²) >= 11 is 0. The highest BCUT2D eigenvalue weighted by atomic mass is 15.2. The van der Waals surface area contributed by atoms with E-state index in [0.717, 1.165) is 17.8 Å². The third-order valence-electron chi connectivity index (χ3n) is 3.50. The maximum atomic E-state index is 4.30. The molecule has 0 saturated heterocycles. The third-order valence-corrected chi connectivity index (χ3v) is 3.50. The van der Waals surface area contributed by atoms with Crippen molar-refractivity contribution in [2.24, 2.45) is 0 Å². The van der Waals surface area contributed by atoms with Gasteiger partial charge in [-0.1, -0.05) is 18.2 Å². The Bertz CT molecular complexity index is 565. The number of fused-ring (bicyclic) bond motifs is 1. The fourth-order valence-electron chi connectivity index (χ4n) is 2.66. The Balaban J connectivity index is 2.06. The van der Waals surface area contributed by atoms with Gasteiger partial charge in [0, 0.05) is 18.8 Å². The smallest absolute Gasteiger partial charge is 0.0620 e. The largest absolute Gasteiger partial charge is 0.387 e. The highest BCUT2D eigenvalue weighted by Crippen LogP contribution is 2.38. The maximum absolute atomic E-state index is 4.30. The number of hydrogen-bond acceptors (Lipinski definition) is 3. The van der Waals surface area contributed by atoms with Crippen LogP contribution in [0.15, 0.2) is 42.7 Å². The molecule has 3 nitrogen and oxygen atoms in total. The van der Waals surface area contributed by atoms with Gasteiger partial charge in [0.1, 0.15) is 0 Å². The van der Waals surface area contributed by atoms with Crippen LogP contribution in [0.2, 0.25) is 0 Å². The first-order chi connectivity index (χ1) is 8.79. The monoisotopic (exact) mass is 239 g/mol. The van der Waals surface area contributed by atoms with Crippen LogP contribution in [-0.4, -0.2) is 18.1 Å². The molecule has 2 heterocycles. The average molecular weight is 239 g/mol. The number of rotatable bonds is 2. The van der Waals surface area contributed by atoms with Gasteiger partial charge in [-0.15, -0.1) is 0 Å². The highest BCUT2D eigenvalue weighted by molar-refractivity contribution is 5.72. The Morgan fingerprint density at radius 2 is 2.11 bits per heavy atom. The zero-order valence-corrected chi connectivity index (χ0v) is 10.7. The van der Waals surface area contributed by atoms with Crippen LogP contribution in [0.4, 0.5) is 17.1 Å². The van der Waals surface area contributed by atoms with Crippen molar-refractivity contribution in [2.45, 2.75) is 19.4 Å². The molecule has 0 bridgehead atoms. The molecule has 0 fully saturated rings. The maximum Gasteiger partial charge on any atom is 0.0620 e. The van der Waals surface area contributed by atoms with Crippen molar-refractivity contribution >= 4 is 17.1 Å². The number of pyridine rings is 1. The molecular weight excluding hydrogens is 222 g/mol. The van der Waals surface area contributed by atoms with Gasteiger partial charge in [0.05, 0.1) is 23.8 Å². The van der Waals surface area contributed by atoms with Crippen molar-refractivity contribution in [1.29, 1.82) is 0 Å². The molecule has 3 heteroatoms. The van der Waals surface area contributed by atoms with Gasteiger partial charge in [0.25, 0.3) is 0 Å². The lowest BCUT2D eigenvalue weighted by atomic mass is 10.1. The van der Waals surface area contributed by atoms with Crippen LogP contribution in [0.1, 0.15) is 12.5 Å². The summed E-state index contributed by atoms with van der Waals surface area (Å²) < 4.78 is 0. The minimum absolute atomic E-state index is 0.483. The van der Waals surface area contributed by atoms with Crippen LogP contribution in [0.3, 0.4) is 0 Å². The molecule has 1 atom stereocenters. The summed E-state index contributed by atoms with van der Waals surface area (Å²) in [5.74, 6) is 0. The predicted octanol–water partition coefficient (Wildman–Crippen LogP) is 3.21. The summed E-state index contributed by atoms with van der Waals surface area (Å²) in [6, 6.07) is 11.2. The number of para-hydroxylation sites is 1. The van der Waals surface area contributed by atoms with Crippen LogP contribution in [0.5, 0.6) is 0 Å². The topological polar surface area (TPSA) is 28.2 Å². The quantitative estimate of drug-likeness (QED) is 0.872. The molecule has 0 radical (unpaired) electrons. The van der Waals surface area contributed by atoms with E-state index in [-0.39, 0.29) is 0 Å². The van der Waals surface area contributed by atoms with Crippen LogP contribution in [-0.2, 0) is 6.42 Å². The molecule has 92 valence electrons. The third kappa shape index (κ3) is 1.72. The van der Waals surface area contributed by atoms with E-state index in [1.165, 1.54) is 11.3 Å². The molecule has 1 aromatic heterocycles. The first kappa shape index (κ1) is 11.1. The van der Waals surface area contributed by atoms with Crippen molar-refractivity contribution in [1.82, 2.24) is 4.98 Å². The Hall–Kier alpha value is -2.03. The van der Waals surface area contributed by atoms with E-state index < -0.39 is 0 Å². The van der Waals surface area contributed by atoms with E-state index in [0.29, 0.717) is 6.04 Å². The number of anilines is 3. The first-order valence-corrected chi connectivity index (χ1v) is 6.29. The molecule has 18 heavy (non-hydrogen) atoms. The van der Waals surface area contributed by atoms with E-state index >= 15 is 0 Å². The minimum atomic E-state index is 0.483. The summed E-state index contributed by atoms with van der Waals surface area (Å²) in [6.45, 7) is 2.26. The summed E-state index contributed by atoms with van der Waals surface area (Å²) in [6.07, 6.45) is 4.87. The number of aromatic nitrogens is 1. The normalized spacial score (nSPS) is 17.7. The second kappa shape index (κ2) is 4.33. The minimum Gasteiger partial charge on any atom is -0.387 e. The lowest BCUT2D eigenvalue weighted by molar-refractivity contribution is 0.758. The second-order valence-electron chi connectivity index (χ2n) is 4.73. The molecule has 1 aliphatic rings. The van der Waals surface area contributed by atoms with Crippen molar-refractivity contribution in [3.05, 3.63) is 48.3 Å². The standard InChI is InChI=1S/C15H17N3/c1-11-7-12-5-3-4-6-15(12)18(11)14-8-13(16-2)9-17-10-14/h3-6,8-11,16H,7H2,1-2H3. The SMILES string of the molecule is CNc1cncc(N2c3ccccc3CC2C)c1. The molecular formula is C15H17N3. The molecule has 1 unspecified atom stereocenters. The van der Waals surface area contributed by atoms with Gasteiger partial charge >= 0.3 is 0 Å². The summed E-state index contributed by atoms with van der Waals surface area (Å²) in [4.78, 5) is 6.67. The molecule has 1 aliphatic heterocycles. The van der Waals surface area contributed by atoms with Crippen molar-refractivity contribution in [3.63, 3.8) is 0 Å². The lowest BCUT2D eigenvalue weighted by Crippen LogP contribution is -2.24. The average Bonchev–Trinajstić information content (AvgIpc) is 2.74. The predicted molar refractivity (Wildman–Crippen MR) is 75.5 cm³/mol. The number of benzene rings is 1. The molecule has 0 aliphatic carbocycles. The fraction of sp³-hybridized carbons (Fsp3) is 0.267. The van der Waals surface area contributed by atoms with Gasteiger partial charge in [0.15, 0.2) is 0 Å². The van der Waals surface area contributed by atoms with Gasteiger partial charge in [-0.05, 0) is 31.0 Å². The zero-order valence-electron chi connectivity index (χ0n) is 10.7. The Morgan fingerprint density at radius 1 is 1.28 bits per heavy atom. The molecule has 0 amide bonds.